The zero-order valence-electron chi connectivity index (χ0n) is 11.7. The Kier molecular flexibility index (Phi) is 5.57. The van der Waals surface area contributed by atoms with Crippen molar-refractivity contribution in [1.82, 2.24) is 19.7 Å². The molecular formula is C12H17N7S2. The largest absolute Gasteiger partial charge is 0.379 e. The Morgan fingerprint density at radius 2 is 2.19 bits per heavy atom. The van der Waals surface area contributed by atoms with Crippen molar-refractivity contribution in [3.63, 3.8) is 0 Å². The highest BCUT2D eigenvalue weighted by Crippen LogP contribution is 2.13. The Balaban J connectivity index is 1.97. The number of hydrogen-bond acceptors (Lipinski definition) is 7. The summed E-state index contributed by atoms with van der Waals surface area (Å²) in [5, 5.41) is 20.6. The number of nitrogens with one attached hydrogen (secondary N) is 2. The van der Waals surface area contributed by atoms with Gasteiger partial charge in [0, 0.05) is 24.7 Å². The van der Waals surface area contributed by atoms with E-state index in [1.807, 2.05) is 10.9 Å². The minimum Gasteiger partial charge on any atom is -0.379 e. The fraction of sp³-hybridized carbons (Fsp3) is 0.417. The van der Waals surface area contributed by atoms with Gasteiger partial charge in [-0.1, -0.05) is 11.8 Å². The molecule has 112 valence electrons. The van der Waals surface area contributed by atoms with Gasteiger partial charge in [0.2, 0.25) is 0 Å². The Morgan fingerprint density at radius 1 is 1.38 bits per heavy atom. The van der Waals surface area contributed by atoms with Crippen molar-refractivity contribution in [2.45, 2.75) is 25.6 Å². The maximum Gasteiger partial charge on any atom is 0.184 e. The van der Waals surface area contributed by atoms with Crippen LogP contribution in [0.3, 0.4) is 0 Å². The van der Waals surface area contributed by atoms with Gasteiger partial charge in [-0.05, 0) is 13.3 Å². The van der Waals surface area contributed by atoms with E-state index in [1.165, 1.54) is 11.8 Å². The van der Waals surface area contributed by atoms with Gasteiger partial charge in [0.15, 0.2) is 10.8 Å². The van der Waals surface area contributed by atoms with E-state index in [9.17, 15) is 0 Å². The molecule has 2 rings (SSSR count). The molecule has 0 aromatic carbocycles. The van der Waals surface area contributed by atoms with Crippen molar-refractivity contribution < 1.29 is 0 Å². The average molecular weight is 323 g/mol. The predicted octanol–water partition coefficient (Wildman–Crippen LogP) is 2.07. The van der Waals surface area contributed by atoms with Crippen LogP contribution in [0.25, 0.3) is 11.0 Å². The molecule has 0 unspecified atom stereocenters. The van der Waals surface area contributed by atoms with Crippen molar-refractivity contribution in [2.24, 2.45) is 5.73 Å². The fourth-order valence-electron chi connectivity index (χ4n) is 1.68. The number of aromatic nitrogens is 4. The van der Waals surface area contributed by atoms with Crippen molar-refractivity contribution in [1.29, 1.82) is 10.8 Å². The molecule has 0 saturated heterocycles. The average Bonchev–Trinajstić information content (AvgIpc) is 2.83. The summed E-state index contributed by atoms with van der Waals surface area (Å²) in [7, 11) is 0. The monoisotopic (exact) mass is 323 g/mol. The molecule has 2 heterocycles. The van der Waals surface area contributed by atoms with Crippen LogP contribution in [-0.2, 0) is 12.3 Å². The van der Waals surface area contributed by atoms with Crippen LogP contribution in [-0.4, -0.2) is 35.7 Å². The lowest BCUT2D eigenvalue weighted by atomic mass is 10.4. The summed E-state index contributed by atoms with van der Waals surface area (Å²) in [6.07, 6.45) is 4.63. The summed E-state index contributed by atoms with van der Waals surface area (Å²) in [5.41, 5.74) is 5.97. The first kappa shape index (κ1) is 15.8. The van der Waals surface area contributed by atoms with Crippen LogP contribution in [0.5, 0.6) is 0 Å². The molecular weight excluding hydrogens is 306 g/mol. The molecule has 0 spiro atoms. The number of nitrogens with zero attached hydrogens (tertiary/aromatic N) is 4. The first-order valence-corrected chi connectivity index (χ1v) is 8.35. The number of amidine groups is 1. The maximum atomic E-state index is 7.35. The van der Waals surface area contributed by atoms with Crippen LogP contribution >= 0.6 is 23.5 Å². The second-order valence-electron chi connectivity index (χ2n) is 4.37. The molecule has 2 aromatic rings. The van der Waals surface area contributed by atoms with E-state index in [4.69, 9.17) is 16.6 Å². The normalized spacial score (nSPS) is 10.9. The lowest BCUT2D eigenvalue weighted by Crippen LogP contribution is -2.05. The standard InChI is InChI=1S/C12H17N7S2/c1-8(13)20-4-2-3-19-6-9-5-16-10(7-21-12(14)15)17-11(9)18-19/h5-6,13H,2-4,7H2,1H3,(H3,14,15). The van der Waals surface area contributed by atoms with E-state index in [2.05, 4.69) is 15.1 Å². The van der Waals surface area contributed by atoms with Crippen LogP contribution in [0, 0.1) is 10.8 Å². The van der Waals surface area contributed by atoms with Crippen molar-refractivity contribution in [2.75, 3.05) is 5.75 Å². The molecule has 0 saturated carbocycles. The van der Waals surface area contributed by atoms with Gasteiger partial charge in [-0.2, -0.15) is 5.10 Å². The summed E-state index contributed by atoms with van der Waals surface area (Å²) in [4.78, 5) is 8.61. The Bertz CT molecular complexity index is 652. The van der Waals surface area contributed by atoms with Gasteiger partial charge in [-0.15, -0.1) is 11.8 Å². The summed E-state index contributed by atoms with van der Waals surface area (Å²) < 4.78 is 1.86. The highest BCUT2D eigenvalue weighted by atomic mass is 32.2. The van der Waals surface area contributed by atoms with Gasteiger partial charge in [0.05, 0.1) is 16.2 Å². The molecule has 4 N–H and O–H groups in total. The predicted molar refractivity (Wildman–Crippen MR) is 89.0 cm³/mol. The summed E-state index contributed by atoms with van der Waals surface area (Å²) in [6, 6.07) is 0. The number of nitrogens with two attached hydrogens (primary N) is 1. The van der Waals surface area contributed by atoms with Crippen LogP contribution < -0.4 is 5.73 Å². The number of rotatable bonds is 6. The number of hydrogen-bond donors (Lipinski definition) is 3. The van der Waals surface area contributed by atoms with E-state index in [1.54, 1.807) is 24.9 Å². The Morgan fingerprint density at radius 3 is 2.90 bits per heavy atom. The molecule has 7 nitrogen and oxygen atoms in total. The lowest BCUT2D eigenvalue weighted by molar-refractivity contribution is 0.611. The third-order valence-electron chi connectivity index (χ3n) is 2.56. The molecule has 9 heteroatoms. The van der Waals surface area contributed by atoms with Crippen LogP contribution in [0.4, 0.5) is 0 Å². The molecule has 0 aliphatic rings. The van der Waals surface area contributed by atoms with Gasteiger partial charge >= 0.3 is 0 Å². The van der Waals surface area contributed by atoms with E-state index < -0.39 is 0 Å². The van der Waals surface area contributed by atoms with Crippen molar-refractivity contribution in [3.05, 3.63) is 18.2 Å². The fourth-order valence-corrected chi connectivity index (χ4v) is 2.68. The van der Waals surface area contributed by atoms with Crippen LogP contribution in [0.2, 0.25) is 0 Å². The van der Waals surface area contributed by atoms with Crippen LogP contribution in [0.15, 0.2) is 12.4 Å². The summed E-state index contributed by atoms with van der Waals surface area (Å²) >= 11 is 2.75. The molecule has 0 aliphatic carbocycles. The van der Waals surface area contributed by atoms with Gasteiger partial charge in [-0.3, -0.25) is 15.5 Å². The first-order chi connectivity index (χ1) is 10.0. The molecule has 0 radical (unpaired) electrons. The minimum absolute atomic E-state index is 0.0585. The zero-order valence-corrected chi connectivity index (χ0v) is 13.3. The minimum atomic E-state index is 0.0585. The smallest absolute Gasteiger partial charge is 0.184 e. The highest BCUT2D eigenvalue weighted by molar-refractivity contribution is 8.13. The van der Waals surface area contributed by atoms with E-state index in [-0.39, 0.29) is 5.17 Å². The van der Waals surface area contributed by atoms with Crippen molar-refractivity contribution in [3.8, 4) is 0 Å². The second kappa shape index (κ2) is 7.41. The second-order valence-corrected chi connectivity index (χ2v) is 6.69. The number of fused-ring (bicyclic) bond motifs is 1. The summed E-state index contributed by atoms with van der Waals surface area (Å²) in [5.74, 6) is 2.02. The van der Waals surface area contributed by atoms with Gasteiger partial charge < -0.3 is 5.73 Å². The van der Waals surface area contributed by atoms with E-state index in [0.717, 1.165) is 24.1 Å². The molecule has 0 aliphatic heterocycles. The SMILES string of the molecule is CC(=N)SCCCn1cc2cnc(CSC(=N)N)nc2n1. The molecule has 0 bridgehead atoms. The lowest BCUT2D eigenvalue weighted by Gasteiger charge is -2.00. The Hall–Kier alpha value is -1.61. The van der Waals surface area contributed by atoms with Gasteiger partial charge in [0.1, 0.15) is 5.82 Å². The number of aryl methyl sites for hydroxylation is 1. The van der Waals surface area contributed by atoms with Crippen molar-refractivity contribution >= 4 is 44.8 Å². The molecule has 2 aromatic heterocycles. The summed E-state index contributed by atoms with van der Waals surface area (Å²) in [6.45, 7) is 2.59. The first-order valence-electron chi connectivity index (χ1n) is 6.38. The molecule has 0 atom stereocenters. The van der Waals surface area contributed by atoms with Gasteiger partial charge in [-0.25, -0.2) is 9.97 Å². The third kappa shape index (κ3) is 5.01. The topological polar surface area (TPSA) is 117 Å². The van der Waals surface area contributed by atoms with Gasteiger partial charge in [0.25, 0.3) is 0 Å². The van der Waals surface area contributed by atoms with E-state index >= 15 is 0 Å². The third-order valence-corrected chi connectivity index (χ3v) is 4.20. The Labute approximate surface area is 131 Å². The quantitative estimate of drug-likeness (QED) is 0.425. The van der Waals surface area contributed by atoms with E-state index in [0.29, 0.717) is 22.3 Å². The maximum absolute atomic E-state index is 7.35. The zero-order chi connectivity index (χ0) is 15.2. The highest BCUT2D eigenvalue weighted by Gasteiger charge is 2.06. The molecule has 0 fully saturated rings. The van der Waals surface area contributed by atoms with Crippen LogP contribution in [0.1, 0.15) is 19.2 Å². The number of thioether (sulfide) groups is 2. The molecule has 21 heavy (non-hydrogen) atoms. The molecule has 0 amide bonds.